The lowest BCUT2D eigenvalue weighted by atomic mass is 9.97. The van der Waals surface area contributed by atoms with Gasteiger partial charge < -0.3 is 14.3 Å². The third-order valence-corrected chi connectivity index (χ3v) is 4.86. The molecule has 2 aromatic heterocycles. The van der Waals surface area contributed by atoms with E-state index >= 15 is 0 Å². The number of nitrogens with one attached hydrogen (secondary N) is 1. The third kappa shape index (κ3) is 2.50. The maximum absolute atomic E-state index is 13.0. The van der Waals surface area contributed by atoms with Crippen LogP contribution in [0.4, 0.5) is 0 Å². The van der Waals surface area contributed by atoms with Crippen LogP contribution in [-0.4, -0.2) is 33.9 Å². The molecule has 1 saturated heterocycles. The molecule has 5 nitrogen and oxygen atoms in total. The summed E-state index contributed by atoms with van der Waals surface area (Å²) in [5, 5.41) is 1.01. The van der Waals surface area contributed by atoms with E-state index < -0.39 is 0 Å². The number of piperidine rings is 1. The number of aromatic nitrogens is 2. The molecule has 1 N–H and O–H groups in total. The van der Waals surface area contributed by atoms with Crippen molar-refractivity contribution in [1.82, 2.24) is 14.9 Å². The van der Waals surface area contributed by atoms with Crippen molar-refractivity contribution < 1.29 is 9.21 Å². The number of likely N-dealkylation sites (tertiary alicyclic amines) is 1. The molecule has 124 valence electrons. The van der Waals surface area contributed by atoms with Gasteiger partial charge in [-0.05, 0) is 32.8 Å². The predicted molar refractivity (Wildman–Crippen MR) is 92.2 cm³/mol. The Morgan fingerprint density at radius 2 is 2.17 bits per heavy atom. The number of hydrogen-bond donors (Lipinski definition) is 1. The van der Waals surface area contributed by atoms with Gasteiger partial charge in [-0.3, -0.25) is 4.79 Å². The van der Waals surface area contributed by atoms with Crippen molar-refractivity contribution in [3.05, 3.63) is 53.3 Å². The summed E-state index contributed by atoms with van der Waals surface area (Å²) in [7, 11) is 0. The van der Waals surface area contributed by atoms with Crippen LogP contribution in [0.15, 0.2) is 34.9 Å². The van der Waals surface area contributed by atoms with Gasteiger partial charge in [-0.1, -0.05) is 18.2 Å². The molecular weight excluding hydrogens is 302 g/mol. The number of imidazole rings is 1. The molecule has 1 amide bonds. The molecule has 0 bridgehead atoms. The van der Waals surface area contributed by atoms with Crippen LogP contribution in [0.25, 0.3) is 11.0 Å². The lowest BCUT2D eigenvalue weighted by molar-refractivity contribution is 0.0674. The van der Waals surface area contributed by atoms with Gasteiger partial charge in [0, 0.05) is 41.8 Å². The average Bonchev–Trinajstić information content (AvgIpc) is 3.19. The monoisotopic (exact) mass is 323 g/mol. The number of amides is 1. The summed E-state index contributed by atoms with van der Waals surface area (Å²) in [6.45, 7) is 5.41. The Balaban J connectivity index is 1.60. The Bertz CT molecular complexity index is 893. The van der Waals surface area contributed by atoms with Gasteiger partial charge in [-0.25, -0.2) is 4.98 Å². The Kier molecular flexibility index (Phi) is 3.63. The fourth-order valence-corrected chi connectivity index (χ4v) is 3.55. The zero-order valence-electron chi connectivity index (χ0n) is 14.0. The van der Waals surface area contributed by atoms with Crippen molar-refractivity contribution in [1.29, 1.82) is 0 Å². The number of furan rings is 1. The Labute approximate surface area is 140 Å². The van der Waals surface area contributed by atoms with Gasteiger partial charge in [0.05, 0.1) is 0 Å². The van der Waals surface area contributed by atoms with Crippen molar-refractivity contribution in [3.8, 4) is 0 Å². The molecule has 0 aliphatic carbocycles. The van der Waals surface area contributed by atoms with Gasteiger partial charge in [0.15, 0.2) is 5.76 Å². The molecule has 1 aliphatic rings. The third-order valence-electron chi connectivity index (χ3n) is 4.86. The summed E-state index contributed by atoms with van der Waals surface area (Å²) < 4.78 is 5.84. The Morgan fingerprint density at radius 1 is 1.33 bits per heavy atom. The number of hydrogen-bond acceptors (Lipinski definition) is 3. The minimum absolute atomic E-state index is 0.0170. The van der Waals surface area contributed by atoms with E-state index in [2.05, 4.69) is 9.97 Å². The molecular formula is C19H21N3O2. The van der Waals surface area contributed by atoms with Crippen molar-refractivity contribution in [3.63, 3.8) is 0 Å². The minimum Gasteiger partial charge on any atom is -0.451 e. The van der Waals surface area contributed by atoms with E-state index in [1.54, 1.807) is 0 Å². The van der Waals surface area contributed by atoms with Gasteiger partial charge >= 0.3 is 0 Å². The Hall–Kier alpha value is -2.56. The van der Waals surface area contributed by atoms with E-state index in [-0.39, 0.29) is 11.8 Å². The van der Waals surface area contributed by atoms with Crippen LogP contribution in [0.2, 0.25) is 0 Å². The maximum atomic E-state index is 13.0. The highest BCUT2D eigenvalue weighted by Crippen LogP contribution is 2.29. The summed E-state index contributed by atoms with van der Waals surface area (Å²) in [5.74, 6) is 1.69. The number of rotatable bonds is 2. The lowest BCUT2D eigenvalue weighted by Gasteiger charge is -2.31. The molecule has 0 radical (unpaired) electrons. The molecule has 3 aromatic rings. The number of carbonyl (C=O) groups excluding carboxylic acids is 1. The predicted octanol–water partition coefficient (Wildman–Crippen LogP) is 3.79. The van der Waals surface area contributed by atoms with Crippen molar-refractivity contribution in [2.45, 2.75) is 32.6 Å². The number of H-pyrrole nitrogens is 1. The summed E-state index contributed by atoms with van der Waals surface area (Å²) >= 11 is 0. The van der Waals surface area contributed by atoms with Gasteiger partial charge in [0.2, 0.25) is 0 Å². The van der Waals surface area contributed by atoms with Crippen LogP contribution in [0.1, 0.15) is 46.4 Å². The van der Waals surface area contributed by atoms with Gasteiger partial charge in [-0.15, -0.1) is 0 Å². The summed E-state index contributed by atoms with van der Waals surface area (Å²) in [4.78, 5) is 22.6. The first-order chi connectivity index (χ1) is 11.6. The van der Waals surface area contributed by atoms with E-state index in [1.807, 2.05) is 49.2 Å². The minimum atomic E-state index is -0.0170. The number of benzene rings is 1. The second-order valence-corrected chi connectivity index (χ2v) is 6.59. The van der Waals surface area contributed by atoms with Crippen molar-refractivity contribution in [2.75, 3.05) is 13.1 Å². The number of fused-ring (bicyclic) bond motifs is 1. The number of aryl methyl sites for hydroxylation is 2. The molecule has 1 aromatic carbocycles. The molecule has 24 heavy (non-hydrogen) atoms. The van der Waals surface area contributed by atoms with Crippen molar-refractivity contribution in [2.24, 2.45) is 0 Å². The first-order valence-electron chi connectivity index (χ1n) is 8.42. The average molecular weight is 323 g/mol. The molecule has 1 aliphatic heterocycles. The standard InChI is InChI=1S/C19H21N3O2/c1-12-10-20-18(21-12)14-6-5-9-22(11-14)19(23)17-13(2)15-7-3-4-8-16(15)24-17/h3-4,7-8,10,14H,5-6,9,11H2,1-2H3,(H,20,21)/t14-/m1/s1. The SMILES string of the molecule is Cc1cnc([C@@H]2CCCN(C(=O)c3oc4ccccc4c3C)C2)[nH]1. The van der Waals surface area contributed by atoms with E-state index in [0.29, 0.717) is 12.3 Å². The van der Waals surface area contributed by atoms with E-state index in [1.165, 1.54) is 0 Å². The molecule has 5 heteroatoms. The molecule has 0 spiro atoms. The van der Waals surface area contributed by atoms with Crippen LogP contribution < -0.4 is 0 Å². The summed E-state index contributed by atoms with van der Waals surface area (Å²) in [5.41, 5.74) is 2.75. The number of carbonyl (C=O) groups is 1. The molecule has 1 atom stereocenters. The smallest absolute Gasteiger partial charge is 0.289 e. The summed E-state index contributed by atoms with van der Waals surface area (Å²) in [6.07, 6.45) is 3.88. The summed E-state index contributed by atoms with van der Waals surface area (Å²) in [6, 6.07) is 7.80. The zero-order valence-corrected chi connectivity index (χ0v) is 14.0. The van der Waals surface area contributed by atoms with E-state index in [9.17, 15) is 4.79 Å². The zero-order chi connectivity index (χ0) is 16.7. The largest absolute Gasteiger partial charge is 0.451 e. The van der Waals surface area contributed by atoms with Gasteiger partial charge in [0.1, 0.15) is 11.4 Å². The normalized spacial score (nSPS) is 18.2. The van der Waals surface area contributed by atoms with Crippen molar-refractivity contribution >= 4 is 16.9 Å². The second kappa shape index (κ2) is 5.82. The number of para-hydroxylation sites is 1. The van der Waals surface area contributed by atoms with Crippen LogP contribution in [0, 0.1) is 13.8 Å². The van der Waals surface area contributed by atoms with Gasteiger partial charge in [0.25, 0.3) is 5.91 Å². The second-order valence-electron chi connectivity index (χ2n) is 6.59. The molecule has 1 fully saturated rings. The van der Waals surface area contributed by atoms with Gasteiger partial charge in [-0.2, -0.15) is 0 Å². The molecule has 0 unspecified atom stereocenters. The lowest BCUT2D eigenvalue weighted by Crippen LogP contribution is -2.39. The first kappa shape index (κ1) is 15.0. The highest BCUT2D eigenvalue weighted by atomic mass is 16.3. The van der Waals surface area contributed by atoms with E-state index in [4.69, 9.17) is 4.42 Å². The number of aromatic amines is 1. The quantitative estimate of drug-likeness (QED) is 0.780. The molecule has 0 saturated carbocycles. The highest BCUT2D eigenvalue weighted by Gasteiger charge is 2.29. The number of nitrogens with zero attached hydrogens (tertiary/aromatic N) is 2. The molecule has 3 heterocycles. The first-order valence-corrected chi connectivity index (χ1v) is 8.42. The molecule has 4 rings (SSSR count). The maximum Gasteiger partial charge on any atom is 0.289 e. The fourth-order valence-electron chi connectivity index (χ4n) is 3.55. The van der Waals surface area contributed by atoms with Crippen LogP contribution in [0.3, 0.4) is 0 Å². The van der Waals surface area contributed by atoms with E-state index in [0.717, 1.165) is 47.4 Å². The highest BCUT2D eigenvalue weighted by molar-refractivity contribution is 5.99. The topological polar surface area (TPSA) is 62.1 Å². The van der Waals surface area contributed by atoms with Crippen LogP contribution in [0.5, 0.6) is 0 Å². The van der Waals surface area contributed by atoms with Crippen LogP contribution in [-0.2, 0) is 0 Å². The van der Waals surface area contributed by atoms with Crippen LogP contribution >= 0.6 is 0 Å². The Morgan fingerprint density at radius 3 is 2.92 bits per heavy atom. The fraction of sp³-hybridized carbons (Fsp3) is 0.368.